The highest BCUT2D eigenvalue weighted by Crippen LogP contribution is 2.21. The van der Waals surface area contributed by atoms with E-state index in [1.807, 2.05) is 0 Å². The Morgan fingerprint density at radius 2 is 2.33 bits per heavy atom. The van der Waals surface area contributed by atoms with Crippen LogP contribution >= 0.6 is 12.6 Å². The molecule has 1 aliphatic heterocycles. The molecule has 0 bridgehead atoms. The molecule has 0 atom stereocenters. The lowest BCUT2D eigenvalue weighted by Crippen LogP contribution is -2.20. The van der Waals surface area contributed by atoms with E-state index in [4.69, 9.17) is 0 Å². The first-order valence-corrected chi connectivity index (χ1v) is 4.89. The zero-order valence-corrected chi connectivity index (χ0v) is 8.70. The summed E-state index contributed by atoms with van der Waals surface area (Å²) in [5.74, 6) is 0.684. The molecule has 1 heterocycles. The van der Waals surface area contributed by atoms with E-state index >= 15 is 0 Å². The van der Waals surface area contributed by atoms with Gasteiger partial charge in [0.25, 0.3) is 5.69 Å². The van der Waals surface area contributed by atoms with Crippen molar-refractivity contribution in [1.29, 1.82) is 0 Å². The first kappa shape index (κ1) is 9.97. The van der Waals surface area contributed by atoms with Crippen molar-refractivity contribution in [2.75, 3.05) is 13.1 Å². The highest BCUT2D eigenvalue weighted by atomic mass is 32.1. The molecule has 0 saturated heterocycles. The molecular weight excluding hydrogens is 214 g/mol. The van der Waals surface area contributed by atoms with E-state index in [0.717, 1.165) is 6.54 Å². The molecule has 0 amide bonds. The van der Waals surface area contributed by atoms with Crippen LogP contribution in [0.2, 0.25) is 0 Å². The van der Waals surface area contributed by atoms with E-state index in [0.29, 0.717) is 22.8 Å². The number of non-ortho nitro benzene ring substituents is 1. The number of nitrogens with zero attached hydrogens (tertiary/aromatic N) is 2. The number of nitro benzene ring substituents is 1. The van der Waals surface area contributed by atoms with Crippen LogP contribution in [0.5, 0.6) is 0 Å². The maximum absolute atomic E-state index is 10.6. The van der Waals surface area contributed by atoms with Gasteiger partial charge in [-0.25, -0.2) is 0 Å². The average molecular weight is 223 g/mol. The molecule has 1 aromatic carbocycles. The van der Waals surface area contributed by atoms with Gasteiger partial charge in [0.05, 0.1) is 11.5 Å². The normalized spacial score (nSPS) is 14.6. The molecule has 0 fully saturated rings. The average Bonchev–Trinajstić information content (AvgIpc) is 2.71. The highest BCUT2D eigenvalue weighted by Gasteiger charge is 2.15. The minimum Gasteiger partial charge on any atom is -0.368 e. The maximum atomic E-state index is 10.6. The van der Waals surface area contributed by atoms with Crippen LogP contribution in [0, 0.1) is 10.1 Å². The van der Waals surface area contributed by atoms with Gasteiger partial charge in [-0.2, -0.15) is 0 Å². The molecule has 0 aromatic heterocycles. The fraction of sp³-hybridized carbons (Fsp3) is 0.222. The Morgan fingerprint density at radius 3 is 2.93 bits per heavy atom. The third kappa shape index (κ3) is 1.94. The predicted molar refractivity (Wildman–Crippen MR) is 59.8 cm³/mol. The summed E-state index contributed by atoms with van der Waals surface area (Å²) in [5.41, 5.74) is 0.740. The second-order valence-electron chi connectivity index (χ2n) is 3.12. The van der Waals surface area contributed by atoms with Crippen LogP contribution in [0.4, 0.5) is 5.69 Å². The predicted octanol–water partition coefficient (Wildman–Crippen LogP) is 1.23. The lowest BCUT2D eigenvalue weighted by atomic mass is 10.2. The SMILES string of the molecule is O=[N+]([O-])c1ccc(S)c(C2=NCCN2)c1. The molecule has 0 unspecified atom stereocenters. The smallest absolute Gasteiger partial charge is 0.270 e. The summed E-state index contributed by atoms with van der Waals surface area (Å²) in [5, 5.41) is 13.7. The van der Waals surface area contributed by atoms with Gasteiger partial charge in [0, 0.05) is 29.1 Å². The molecule has 0 spiro atoms. The van der Waals surface area contributed by atoms with Gasteiger partial charge in [0.2, 0.25) is 0 Å². The summed E-state index contributed by atoms with van der Waals surface area (Å²) in [4.78, 5) is 15.1. The highest BCUT2D eigenvalue weighted by molar-refractivity contribution is 7.80. The van der Waals surface area contributed by atoms with Gasteiger partial charge in [-0.15, -0.1) is 12.6 Å². The number of nitrogens with one attached hydrogen (secondary N) is 1. The Balaban J connectivity index is 2.45. The zero-order valence-electron chi connectivity index (χ0n) is 7.80. The van der Waals surface area contributed by atoms with Gasteiger partial charge in [-0.05, 0) is 6.07 Å². The van der Waals surface area contributed by atoms with Crippen molar-refractivity contribution in [3.63, 3.8) is 0 Å². The zero-order chi connectivity index (χ0) is 10.8. The number of benzene rings is 1. The number of amidine groups is 1. The van der Waals surface area contributed by atoms with Crippen LogP contribution in [0.1, 0.15) is 5.56 Å². The third-order valence-corrected chi connectivity index (χ3v) is 2.51. The Labute approximate surface area is 91.8 Å². The molecular formula is C9H9N3O2S. The number of rotatable bonds is 2. The van der Waals surface area contributed by atoms with Gasteiger partial charge in [0.15, 0.2) is 0 Å². The molecule has 78 valence electrons. The molecule has 15 heavy (non-hydrogen) atoms. The van der Waals surface area contributed by atoms with Crippen molar-refractivity contribution in [3.05, 3.63) is 33.9 Å². The fourth-order valence-corrected chi connectivity index (χ4v) is 1.65. The van der Waals surface area contributed by atoms with Crippen molar-refractivity contribution in [2.45, 2.75) is 4.90 Å². The first-order chi connectivity index (χ1) is 7.18. The standard InChI is InChI=1S/C9H9N3O2S/c13-12(14)6-1-2-8(15)7(5-6)9-10-3-4-11-9/h1-2,5,15H,3-4H2,(H,10,11). The van der Waals surface area contributed by atoms with E-state index in [1.54, 1.807) is 6.07 Å². The van der Waals surface area contributed by atoms with E-state index in [1.165, 1.54) is 12.1 Å². The largest absolute Gasteiger partial charge is 0.368 e. The minimum absolute atomic E-state index is 0.0548. The van der Waals surface area contributed by atoms with Gasteiger partial charge >= 0.3 is 0 Å². The van der Waals surface area contributed by atoms with Crippen molar-refractivity contribution in [2.24, 2.45) is 4.99 Å². The topological polar surface area (TPSA) is 67.5 Å². The lowest BCUT2D eigenvalue weighted by molar-refractivity contribution is -0.384. The molecule has 1 aliphatic rings. The van der Waals surface area contributed by atoms with E-state index in [-0.39, 0.29) is 5.69 Å². The van der Waals surface area contributed by atoms with Crippen LogP contribution in [0.3, 0.4) is 0 Å². The summed E-state index contributed by atoms with van der Waals surface area (Å²) in [6, 6.07) is 4.53. The Bertz CT molecular complexity index is 445. The molecule has 5 nitrogen and oxygen atoms in total. The van der Waals surface area contributed by atoms with Gasteiger partial charge in [-0.1, -0.05) is 0 Å². The van der Waals surface area contributed by atoms with Crippen LogP contribution in [0.15, 0.2) is 28.1 Å². The molecule has 2 rings (SSSR count). The number of aliphatic imine (C=N–C) groups is 1. The van der Waals surface area contributed by atoms with Crippen molar-refractivity contribution in [1.82, 2.24) is 5.32 Å². The molecule has 6 heteroatoms. The molecule has 1 aromatic rings. The van der Waals surface area contributed by atoms with Crippen LogP contribution in [0.25, 0.3) is 0 Å². The molecule has 0 saturated carbocycles. The summed E-state index contributed by atoms with van der Waals surface area (Å²) in [7, 11) is 0. The summed E-state index contributed by atoms with van der Waals surface area (Å²) < 4.78 is 0. The minimum atomic E-state index is -0.424. The van der Waals surface area contributed by atoms with E-state index in [9.17, 15) is 10.1 Å². The second-order valence-corrected chi connectivity index (χ2v) is 3.60. The van der Waals surface area contributed by atoms with Gasteiger partial charge in [-0.3, -0.25) is 15.1 Å². The van der Waals surface area contributed by atoms with E-state index < -0.39 is 4.92 Å². The van der Waals surface area contributed by atoms with Crippen molar-refractivity contribution < 1.29 is 4.92 Å². The number of thiol groups is 1. The Kier molecular flexibility index (Phi) is 2.59. The first-order valence-electron chi connectivity index (χ1n) is 4.44. The number of hydrogen-bond donors (Lipinski definition) is 2. The Hall–Kier alpha value is -1.56. The summed E-state index contributed by atoms with van der Waals surface area (Å²) >= 11 is 4.25. The quantitative estimate of drug-likeness (QED) is 0.450. The molecule has 0 radical (unpaired) electrons. The molecule has 1 N–H and O–H groups in total. The second kappa shape index (κ2) is 3.90. The maximum Gasteiger partial charge on any atom is 0.270 e. The summed E-state index contributed by atoms with van der Waals surface area (Å²) in [6.07, 6.45) is 0. The molecule has 0 aliphatic carbocycles. The van der Waals surface area contributed by atoms with Crippen LogP contribution in [-0.2, 0) is 0 Å². The number of nitro groups is 1. The lowest BCUT2D eigenvalue weighted by Gasteiger charge is -2.05. The van der Waals surface area contributed by atoms with Gasteiger partial charge < -0.3 is 5.32 Å². The van der Waals surface area contributed by atoms with Crippen LogP contribution in [-0.4, -0.2) is 23.8 Å². The Morgan fingerprint density at radius 1 is 1.53 bits per heavy atom. The van der Waals surface area contributed by atoms with Crippen molar-refractivity contribution >= 4 is 24.2 Å². The number of hydrogen-bond acceptors (Lipinski definition) is 5. The van der Waals surface area contributed by atoms with Crippen molar-refractivity contribution in [3.8, 4) is 0 Å². The van der Waals surface area contributed by atoms with Gasteiger partial charge in [0.1, 0.15) is 5.84 Å². The third-order valence-electron chi connectivity index (χ3n) is 2.12. The fourth-order valence-electron chi connectivity index (χ4n) is 1.41. The summed E-state index contributed by atoms with van der Waals surface area (Å²) in [6.45, 7) is 1.47. The van der Waals surface area contributed by atoms with Crippen LogP contribution < -0.4 is 5.32 Å². The van der Waals surface area contributed by atoms with E-state index in [2.05, 4.69) is 22.9 Å². The monoisotopic (exact) mass is 223 g/mol.